The van der Waals surface area contributed by atoms with E-state index in [2.05, 4.69) is 81.9 Å². The first-order valence-corrected chi connectivity index (χ1v) is 7.42. The van der Waals surface area contributed by atoms with Crippen LogP contribution >= 0.6 is 0 Å². The molecule has 0 aliphatic heterocycles. The lowest BCUT2D eigenvalue weighted by Gasteiger charge is -2.26. The average Bonchev–Trinajstić information content (AvgIpc) is 2.48. The Morgan fingerprint density at radius 2 is 1.65 bits per heavy atom. The zero-order valence-corrected chi connectivity index (χ0v) is 12.8. The van der Waals surface area contributed by atoms with Gasteiger partial charge in [0, 0.05) is 5.92 Å². The zero-order valence-electron chi connectivity index (χ0n) is 12.8. The first-order chi connectivity index (χ1) is 9.63. The maximum atomic E-state index is 4.22. The van der Waals surface area contributed by atoms with Crippen LogP contribution in [0.2, 0.25) is 0 Å². The van der Waals surface area contributed by atoms with Gasteiger partial charge in [0.25, 0.3) is 0 Å². The van der Waals surface area contributed by atoms with Crippen molar-refractivity contribution in [1.29, 1.82) is 0 Å². The summed E-state index contributed by atoms with van der Waals surface area (Å²) in [5.74, 6) is 0.824. The van der Waals surface area contributed by atoms with E-state index in [1.807, 2.05) is 0 Å². The van der Waals surface area contributed by atoms with Crippen LogP contribution in [0.25, 0.3) is 0 Å². The molecule has 0 saturated heterocycles. The van der Waals surface area contributed by atoms with Crippen molar-refractivity contribution in [3.8, 4) is 0 Å². The smallest absolute Gasteiger partial charge is 0.0109 e. The minimum absolute atomic E-state index is 0.378. The molecular weight excluding hydrogens is 240 g/mol. The molecule has 104 valence electrons. The van der Waals surface area contributed by atoms with Crippen LogP contribution in [0.15, 0.2) is 66.7 Å². The van der Waals surface area contributed by atoms with E-state index in [1.165, 1.54) is 22.3 Å². The molecule has 0 heteroatoms. The van der Waals surface area contributed by atoms with Crippen LogP contribution in [-0.4, -0.2) is 0 Å². The minimum atomic E-state index is 0.378. The highest BCUT2D eigenvalue weighted by atomic mass is 14.2. The largest absolute Gasteiger partial charge is 0.0995 e. The van der Waals surface area contributed by atoms with Crippen molar-refractivity contribution in [3.63, 3.8) is 0 Å². The number of benzene rings is 2. The van der Waals surface area contributed by atoms with Crippen LogP contribution in [-0.2, 0) is 6.42 Å². The summed E-state index contributed by atoms with van der Waals surface area (Å²) in [4.78, 5) is 0. The molecule has 0 fully saturated rings. The topological polar surface area (TPSA) is 0 Å². The minimum Gasteiger partial charge on any atom is -0.0995 e. The van der Waals surface area contributed by atoms with Crippen molar-refractivity contribution in [2.75, 3.05) is 0 Å². The second-order valence-corrected chi connectivity index (χ2v) is 5.62. The van der Waals surface area contributed by atoms with Gasteiger partial charge in [-0.25, -0.2) is 0 Å². The monoisotopic (exact) mass is 264 g/mol. The molecule has 2 aromatic rings. The molecule has 0 aliphatic carbocycles. The van der Waals surface area contributed by atoms with Gasteiger partial charge in [0.15, 0.2) is 0 Å². The lowest BCUT2D eigenvalue weighted by molar-refractivity contribution is 0.647. The number of aryl methyl sites for hydroxylation is 1. The molecule has 0 amide bonds. The van der Waals surface area contributed by atoms with E-state index in [9.17, 15) is 0 Å². The van der Waals surface area contributed by atoms with Gasteiger partial charge in [-0.15, -0.1) is 0 Å². The molecule has 2 rings (SSSR count). The normalized spacial score (nSPS) is 13.8. The molecule has 0 bridgehead atoms. The highest BCUT2D eigenvalue weighted by molar-refractivity contribution is 5.35. The van der Waals surface area contributed by atoms with E-state index in [-0.39, 0.29) is 0 Å². The van der Waals surface area contributed by atoms with E-state index in [4.69, 9.17) is 0 Å². The Balaban J connectivity index is 2.36. The van der Waals surface area contributed by atoms with Crippen molar-refractivity contribution in [2.24, 2.45) is 0 Å². The Kier molecular flexibility index (Phi) is 4.79. The van der Waals surface area contributed by atoms with E-state index in [0.717, 1.165) is 6.42 Å². The van der Waals surface area contributed by atoms with Gasteiger partial charge in [0.05, 0.1) is 0 Å². The summed E-state index contributed by atoms with van der Waals surface area (Å²) in [6.45, 7) is 10.9. The van der Waals surface area contributed by atoms with E-state index in [0.29, 0.717) is 11.8 Å². The van der Waals surface area contributed by atoms with Gasteiger partial charge in [0.2, 0.25) is 0 Å². The van der Waals surface area contributed by atoms with Crippen LogP contribution in [0.4, 0.5) is 0 Å². The predicted molar refractivity (Wildman–Crippen MR) is 88.2 cm³/mol. The summed E-state index contributed by atoms with van der Waals surface area (Å²) < 4.78 is 0. The fourth-order valence-corrected chi connectivity index (χ4v) is 2.95. The fourth-order valence-electron chi connectivity index (χ4n) is 2.95. The molecule has 0 N–H and O–H groups in total. The lowest BCUT2D eigenvalue weighted by atomic mass is 9.78. The van der Waals surface area contributed by atoms with Crippen molar-refractivity contribution in [1.82, 2.24) is 0 Å². The van der Waals surface area contributed by atoms with Gasteiger partial charge in [0.1, 0.15) is 0 Å². The Morgan fingerprint density at radius 1 is 1.00 bits per heavy atom. The van der Waals surface area contributed by atoms with E-state index >= 15 is 0 Å². The molecule has 2 unspecified atom stereocenters. The molecule has 0 spiro atoms. The fraction of sp³-hybridized carbons (Fsp3) is 0.300. The summed E-state index contributed by atoms with van der Waals surface area (Å²) in [6, 6.07) is 19.7. The zero-order chi connectivity index (χ0) is 14.5. The summed E-state index contributed by atoms with van der Waals surface area (Å²) >= 11 is 0. The third kappa shape index (κ3) is 3.19. The average molecular weight is 264 g/mol. The summed E-state index contributed by atoms with van der Waals surface area (Å²) in [7, 11) is 0. The molecule has 2 aromatic carbocycles. The second kappa shape index (κ2) is 6.56. The highest BCUT2D eigenvalue weighted by Gasteiger charge is 2.21. The summed E-state index contributed by atoms with van der Waals surface area (Å²) in [5, 5.41) is 0. The Bertz CT molecular complexity index is 566. The maximum absolute atomic E-state index is 4.22. The van der Waals surface area contributed by atoms with Gasteiger partial charge in [-0.2, -0.15) is 0 Å². The number of allylic oxidation sites excluding steroid dienone is 1. The van der Waals surface area contributed by atoms with Crippen LogP contribution in [0, 0.1) is 0 Å². The molecular formula is C20H24. The summed E-state index contributed by atoms with van der Waals surface area (Å²) in [6.07, 6.45) is 1.09. The highest BCUT2D eigenvalue weighted by Crippen LogP contribution is 2.37. The first kappa shape index (κ1) is 14.6. The van der Waals surface area contributed by atoms with Crippen molar-refractivity contribution < 1.29 is 0 Å². The molecule has 0 radical (unpaired) electrons. The number of hydrogen-bond acceptors (Lipinski definition) is 0. The van der Waals surface area contributed by atoms with Gasteiger partial charge in [-0.05, 0) is 36.0 Å². The molecule has 0 heterocycles. The third-order valence-corrected chi connectivity index (χ3v) is 4.07. The van der Waals surface area contributed by atoms with E-state index in [1.54, 1.807) is 0 Å². The Morgan fingerprint density at radius 3 is 2.25 bits per heavy atom. The van der Waals surface area contributed by atoms with Crippen molar-refractivity contribution in [2.45, 2.75) is 39.0 Å². The van der Waals surface area contributed by atoms with Crippen LogP contribution in [0.3, 0.4) is 0 Å². The molecule has 2 atom stereocenters. The summed E-state index contributed by atoms with van der Waals surface area (Å²) in [5.41, 5.74) is 5.39. The van der Waals surface area contributed by atoms with Crippen molar-refractivity contribution >= 4 is 0 Å². The molecule has 20 heavy (non-hydrogen) atoms. The predicted octanol–water partition coefficient (Wildman–Crippen LogP) is 5.71. The Hall–Kier alpha value is -1.82. The molecule has 0 nitrogen and oxygen atoms in total. The number of rotatable bonds is 5. The quantitative estimate of drug-likeness (QED) is 0.606. The van der Waals surface area contributed by atoms with Gasteiger partial charge < -0.3 is 0 Å². The lowest BCUT2D eigenvalue weighted by Crippen LogP contribution is -2.09. The first-order valence-electron chi connectivity index (χ1n) is 7.42. The third-order valence-electron chi connectivity index (χ3n) is 4.07. The standard InChI is InChI=1S/C20H24/c1-5-17-10-9-13-19(14-17)16(4)20(15(2)3)18-11-7-6-8-12-18/h6-14,16,20H,2,5H2,1,3-4H3. The van der Waals surface area contributed by atoms with Gasteiger partial charge in [-0.1, -0.05) is 80.6 Å². The maximum Gasteiger partial charge on any atom is 0.0109 e. The van der Waals surface area contributed by atoms with Crippen molar-refractivity contribution in [3.05, 3.63) is 83.4 Å². The molecule has 0 saturated carbocycles. The Labute approximate surface area is 123 Å². The molecule has 0 aliphatic rings. The molecule has 0 aromatic heterocycles. The SMILES string of the molecule is C=C(C)C(c1ccccc1)C(C)c1cccc(CC)c1. The van der Waals surface area contributed by atoms with Crippen LogP contribution in [0.5, 0.6) is 0 Å². The van der Waals surface area contributed by atoms with Gasteiger partial charge in [-0.3, -0.25) is 0 Å². The van der Waals surface area contributed by atoms with Gasteiger partial charge >= 0.3 is 0 Å². The second-order valence-electron chi connectivity index (χ2n) is 5.62. The van der Waals surface area contributed by atoms with E-state index < -0.39 is 0 Å². The van der Waals surface area contributed by atoms with Crippen LogP contribution in [0.1, 0.15) is 49.3 Å². The number of hydrogen-bond donors (Lipinski definition) is 0. The van der Waals surface area contributed by atoms with Crippen LogP contribution < -0.4 is 0 Å².